The number of carbonyl (C=O) groups excluding carboxylic acids is 1. The molecule has 5 heteroatoms. The second kappa shape index (κ2) is 6.56. The molecule has 21 heavy (non-hydrogen) atoms. The Kier molecular flexibility index (Phi) is 4.53. The van der Waals surface area contributed by atoms with Crippen molar-refractivity contribution in [3.8, 4) is 0 Å². The lowest BCUT2D eigenvalue weighted by molar-refractivity contribution is -0.121. The van der Waals surface area contributed by atoms with Crippen LogP contribution in [0.15, 0.2) is 24.3 Å². The second-order valence-corrected chi connectivity index (χ2v) is 5.83. The number of amides is 1. The van der Waals surface area contributed by atoms with Crippen molar-refractivity contribution in [1.29, 1.82) is 0 Å². The van der Waals surface area contributed by atoms with Crippen LogP contribution >= 0.6 is 0 Å². The van der Waals surface area contributed by atoms with E-state index in [9.17, 15) is 4.79 Å². The molecule has 1 aliphatic heterocycles. The Morgan fingerprint density at radius 1 is 1.33 bits per heavy atom. The number of morpholine rings is 1. The van der Waals surface area contributed by atoms with Crippen molar-refractivity contribution in [2.45, 2.75) is 38.0 Å². The summed E-state index contributed by atoms with van der Waals surface area (Å²) in [5.41, 5.74) is 7.46. The zero-order valence-corrected chi connectivity index (χ0v) is 12.3. The molecule has 0 aromatic heterocycles. The highest BCUT2D eigenvalue weighted by atomic mass is 16.5. The van der Waals surface area contributed by atoms with E-state index >= 15 is 0 Å². The largest absolute Gasteiger partial charge is 0.375 e. The summed E-state index contributed by atoms with van der Waals surface area (Å²) in [6.45, 7) is 2.55. The van der Waals surface area contributed by atoms with Gasteiger partial charge in [0.15, 0.2) is 0 Å². The number of fused-ring (bicyclic) bond motifs is 1. The molecular formula is C16H23N3O2. The zero-order valence-electron chi connectivity index (χ0n) is 12.3. The van der Waals surface area contributed by atoms with Gasteiger partial charge >= 0.3 is 0 Å². The molecule has 1 aromatic carbocycles. The summed E-state index contributed by atoms with van der Waals surface area (Å²) >= 11 is 0. The highest BCUT2D eigenvalue weighted by Gasteiger charge is 2.36. The third-order valence-electron chi connectivity index (χ3n) is 4.42. The van der Waals surface area contributed by atoms with Crippen molar-refractivity contribution in [3.05, 3.63) is 29.8 Å². The van der Waals surface area contributed by atoms with Gasteiger partial charge in [-0.2, -0.15) is 0 Å². The van der Waals surface area contributed by atoms with Crippen LogP contribution in [0.5, 0.6) is 0 Å². The van der Waals surface area contributed by atoms with E-state index in [-0.39, 0.29) is 5.91 Å². The van der Waals surface area contributed by atoms with E-state index < -0.39 is 0 Å². The summed E-state index contributed by atoms with van der Waals surface area (Å²) in [5, 5.41) is 2.96. The lowest BCUT2D eigenvalue weighted by Gasteiger charge is -2.37. The lowest BCUT2D eigenvalue weighted by Crippen LogP contribution is -2.51. The molecular weight excluding hydrogens is 266 g/mol. The van der Waals surface area contributed by atoms with Gasteiger partial charge in [-0.1, -0.05) is 12.1 Å². The average molecular weight is 289 g/mol. The van der Waals surface area contributed by atoms with E-state index in [4.69, 9.17) is 10.5 Å². The maximum absolute atomic E-state index is 12.2. The number of nitrogens with zero attached hydrogens (tertiary/aromatic N) is 1. The predicted octanol–water partition coefficient (Wildman–Crippen LogP) is 1.34. The van der Waals surface area contributed by atoms with Gasteiger partial charge in [-0.15, -0.1) is 0 Å². The van der Waals surface area contributed by atoms with Crippen LogP contribution in [0.3, 0.4) is 0 Å². The summed E-state index contributed by atoms with van der Waals surface area (Å²) in [7, 11) is 0. The van der Waals surface area contributed by atoms with Gasteiger partial charge in [0.1, 0.15) is 0 Å². The Morgan fingerprint density at radius 2 is 2.14 bits per heavy atom. The van der Waals surface area contributed by atoms with Gasteiger partial charge in [0, 0.05) is 24.8 Å². The molecule has 1 saturated carbocycles. The monoisotopic (exact) mass is 289 g/mol. The maximum Gasteiger partial charge on any atom is 0.238 e. The lowest BCUT2D eigenvalue weighted by atomic mass is 10.1. The minimum absolute atomic E-state index is 0.0445. The normalized spacial score (nSPS) is 25.6. The first kappa shape index (κ1) is 14.5. The van der Waals surface area contributed by atoms with E-state index in [0.29, 0.717) is 25.2 Å². The number of rotatable bonds is 4. The van der Waals surface area contributed by atoms with Crippen LogP contribution in [-0.2, 0) is 16.1 Å². The van der Waals surface area contributed by atoms with Gasteiger partial charge in [-0.05, 0) is 37.0 Å². The van der Waals surface area contributed by atoms with Gasteiger partial charge in [-0.3, -0.25) is 9.69 Å². The number of carbonyl (C=O) groups is 1. The predicted molar refractivity (Wildman–Crippen MR) is 81.9 cm³/mol. The SMILES string of the molecule is NCc1ccc(NC(=O)CN2CCOC3CCCC32)cc1. The Hall–Kier alpha value is -1.43. The van der Waals surface area contributed by atoms with E-state index in [2.05, 4.69) is 10.2 Å². The molecule has 114 valence electrons. The number of nitrogens with two attached hydrogens (primary N) is 1. The fraction of sp³-hybridized carbons (Fsp3) is 0.562. The van der Waals surface area contributed by atoms with E-state index in [1.165, 1.54) is 6.42 Å². The average Bonchev–Trinajstić information content (AvgIpc) is 2.97. The van der Waals surface area contributed by atoms with Crippen LogP contribution in [-0.4, -0.2) is 42.6 Å². The summed E-state index contributed by atoms with van der Waals surface area (Å²) in [6, 6.07) is 8.11. The van der Waals surface area contributed by atoms with Crippen molar-refractivity contribution >= 4 is 11.6 Å². The molecule has 2 unspecified atom stereocenters. The molecule has 0 bridgehead atoms. The van der Waals surface area contributed by atoms with E-state index in [0.717, 1.165) is 37.2 Å². The van der Waals surface area contributed by atoms with E-state index in [1.54, 1.807) is 0 Å². The quantitative estimate of drug-likeness (QED) is 0.877. The third-order valence-corrected chi connectivity index (χ3v) is 4.42. The van der Waals surface area contributed by atoms with Gasteiger partial charge < -0.3 is 15.8 Å². The number of anilines is 1. The van der Waals surface area contributed by atoms with Gasteiger partial charge in [0.05, 0.1) is 19.3 Å². The highest BCUT2D eigenvalue weighted by Crippen LogP contribution is 2.29. The number of ether oxygens (including phenoxy) is 1. The first-order chi connectivity index (χ1) is 10.3. The Morgan fingerprint density at radius 3 is 2.90 bits per heavy atom. The Labute approximate surface area is 125 Å². The number of hydrogen-bond acceptors (Lipinski definition) is 4. The topological polar surface area (TPSA) is 67.6 Å². The Bertz CT molecular complexity index is 489. The molecule has 3 rings (SSSR count). The van der Waals surface area contributed by atoms with Crippen molar-refractivity contribution in [2.75, 3.05) is 25.0 Å². The van der Waals surface area contributed by atoms with Crippen LogP contribution in [0.1, 0.15) is 24.8 Å². The second-order valence-electron chi connectivity index (χ2n) is 5.83. The summed E-state index contributed by atoms with van der Waals surface area (Å²) < 4.78 is 5.77. The van der Waals surface area contributed by atoms with Gasteiger partial charge in [-0.25, -0.2) is 0 Å². The first-order valence-electron chi connectivity index (χ1n) is 7.71. The first-order valence-corrected chi connectivity index (χ1v) is 7.71. The van der Waals surface area contributed by atoms with Gasteiger partial charge in [0.2, 0.25) is 5.91 Å². The summed E-state index contributed by atoms with van der Waals surface area (Å²) in [6.07, 6.45) is 3.80. The van der Waals surface area contributed by atoms with Crippen LogP contribution < -0.4 is 11.1 Å². The molecule has 0 spiro atoms. The molecule has 3 N–H and O–H groups in total. The molecule has 1 aromatic rings. The fourth-order valence-corrected chi connectivity index (χ4v) is 3.31. The molecule has 1 saturated heterocycles. The summed E-state index contributed by atoms with van der Waals surface area (Å²) in [4.78, 5) is 14.5. The van der Waals surface area contributed by atoms with Crippen LogP contribution in [0.4, 0.5) is 5.69 Å². The molecule has 5 nitrogen and oxygen atoms in total. The van der Waals surface area contributed by atoms with Crippen molar-refractivity contribution in [3.63, 3.8) is 0 Å². The van der Waals surface area contributed by atoms with Crippen LogP contribution in [0, 0.1) is 0 Å². The molecule has 0 radical (unpaired) electrons. The van der Waals surface area contributed by atoms with Crippen molar-refractivity contribution in [1.82, 2.24) is 4.90 Å². The van der Waals surface area contributed by atoms with Crippen LogP contribution in [0.2, 0.25) is 0 Å². The van der Waals surface area contributed by atoms with E-state index in [1.807, 2.05) is 24.3 Å². The number of benzene rings is 1. The zero-order chi connectivity index (χ0) is 14.7. The molecule has 2 aliphatic rings. The highest BCUT2D eigenvalue weighted by molar-refractivity contribution is 5.92. The molecule has 2 fully saturated rings. The minimum Gasteiger partial charge on any atom is -0.375 e. The van der Waals surface area contributed by atoms with Crippen molar-refractivity contribution < 1.29 is 9.53 Å². The smallest absolute Gasteiger partial charge is 0.238 e. The standard InChI is InChI=1S/C16H23N3O2/c17-10-12-4-6-13(7-5-12)18-16(20)11-19-8-9-21-15-3-1-2-14(15)19/h4-7,14-15H,1-3,8-11,17H2,(H,18,20). The molecule has 1 amide bonds. The van der Waals surface area contributed by atoms with Crippen LogP contribution in [0.25, 0.3) is 0 Å². The molecule has 1 aliphatic carbocycles. The molecule has 1 heterocycles. The fourth-order valence-electron chi connectivity index (χ4n) is 3.31. The van der Waals surface area contributed by atoms with Gasteiger partial charge in [0.25, 0.3) is 0 Å². The molecule has 2 atom stereocenters. The number of nitrogens with one attached hydrogen (secondary N) is 1. The number of hydrogen-bond donors (Lipinski definition) is 2. The summed E-state index contributed by atoms with van der Waals surface area (Å²) in [5.74, 6) is 0.0445. The van der Waals surface area contributed by atoms with Crippen molar-refractivity contribution in [2.24, 2.45) is 5.73 Å². The minimum atomic E-state index is 0.0445. The third kappa shape index (κ3) is 3.43. The maximum atomic E-state index is 12.2. The Balaban J connectivity index is 1.55.